The Kier molecular flexibility index (Phi) is 3.13. The minimum Gasteiger partial charge on any atom is -0.390 e. The number of hydrogen-bond donors (Lipinski definition) is 1. The standard InChI is InChI=1S/C14H16F3NO/c1-13(2,19)8-11-7-9-6-10(14(15,16)17)4-5-12(9)18(11)3/h4-7,19H,8H2,1-3H3. The van der Waals surface area contributed by atoms with E-state index in [0.717, 1.165) is 23.3 Å². The molecule has 0 spiro atoms. The van der Waals surface area contributed by atoms with Gasteiger partial charge in [0.25, 0.3) is 0 Å². The maximum absolute atomic E-state index is 12.6. The van der Waals surface area contributed by atoms with Gasteiger partial charge in [-0.15, -0.1) is 0 Å². The van der Waals surface area contributed by atoms with E-state index in [4.69, 9.17) is 0 Å². The molecule has 0 unspecified atom stereocenters. The molecule has 0 aliphatic rings. The van der Waals surface area contributed by atoms with Crippen molar-refractivity contribution >= 4 is 10.9 Å². The molecule has 1 heterocycles. The first-order chi connectivity index (χ1) is 8.58. The van der Waals surface area contributed by atoms with Gasteiger partial charge in [0.2, 0.25) is 0 Å². The van der Waals surface area contributed by atoms with Crippen LogP contribution in [-0.4, -0.2) is 15.3 Å². The molecule has 0 fully saturated rings. The highest BCUT2D eigenvalue weighted by Gasteiger charge is 2.30. The second kappa shape index (κ2) is 4.27. The first-order valence-electron chi connectivity index (χ1n) is 5.96. The summed E-state index contributed by atoms with van der Waals surface area (Å²) < 4.78 is 39.8. The van der Waals surface area contributed by atoms with Crippen LogP contribution in [0.15, 0.2) is 24.3 Å². The lowest BCUT2D eigenvalue weighted by Gasteiger charge is -2.17. The molecule has 1 aromatic carbocycles. The van der Waals surface area contributed by atoms with Crippen molar-refractivity contribution in [1.29, 1.82) is 0 Å². The Hall–Kier alpha value is -1.49. The van der Waals surface area contributed by atoms with Gasteiger partial charge in [0, 0.05) is 30.1 Å². The number of hydrogen-bond acceptors (Lipinski definition) is 1. The summed E-state index contributed by atoms with van der Waals surface area (Å²) in [7, 11) is 1.79. The third kappa shape index (κ3) is 2.92. The van der Waals surface area contributed by atoms with Gasteiger partial charge in [0.05, 0.1) is 11.2 Å². The van der Waals surface area contributed by atoms with Crippen LogP contribution in [0, 0.1) is 0 Å². The van der Waals surface area contributed by atoms with Gasteiger partial charge in [-0.2, -0.15) is 13.2 Å². The molecule has 1 N–H and O–H groups in total. The van der Waals surface area contributed by atoms with Crippen molar-refractivity contribution in [2.45, 2.75) is 32.0 Å². The van der Waals surface area contributed by atoms with Crippen molar-refractivity contribution in [2.24, 2.45) is 7.05 Å². The molecule has 0 aliphatic carbocycles. The summed E-state index contributed by atoms with van der Waals surface area (Å²) in [6, 6.07) is 5.38. The normalized spacial score (nSPS) is 13.2. The average molecular weight is 271 g/mol. The van der Waals surface area contributed by atoms with Gasteiger partial charge in [-0.1, -0.05) is 0 Å². The molecule has 0 aliphatic heterocycles. The molecule has 104 valence electrons. The summed E-state index contributed by atoms with van der Waals surface area (Å²) in [4.78, 5) is 0. The smallest absolute Gasteiger partial charge is 0.390 e. The topological polar surface area (TPSA) is 25.2 Å². The Morgan fingerprint density at radius 3 is 2.32 bits per heavy atom. The molecule has 2 aromatic rings. The van der Waals surface area contributed by atoms with Crippen LogP contribution in [-0.2, 0) is 19.6 Å². The van der Waals surface area contributed by atoms with Crippen LogP contribution >= 0.6 is 0 Å². The van der Waals surface area contributed by atoms with Crippen molar-refractivity contribution in [3.63, 3.8) is 0 Å². The number of fused-ring (bicyclic) bond motifs is 1. The summed E-state index contributed by atoms with van der Waals surface area (Å²) in [5.74, 6) is 0. The highest BCUT2D eigenvalue weighted by atomic mass is 19.4. The van der Waals surface area contributed by atoms with Crippen LogP contribution in [0.2, 0.25) is 0 Å². The van der Waals surface area contributed by atoms with Crippen molar-refractivity contribution in [3.8, 4) is 0 Å². The van der Waals surface area contributed by atoms with E-state index in [1.54, 1.807) is 27.0 Å². The van der Waals surface area contributed by atoms with Gasteiger partial charge in [-0.3, -0.25) is 0 Å². The second-order valence-electron chi connectivity index (χ2n) is 5.46. The van der Waals surface area contributed by atoms with E-state index in [1.807, 2.05) is 4.57 Å². The van der Waals surface area contributed by atoms with E-state index >= 15 is 0 Å². The monoisotopic (exact) mass is 271 g/mol. The minimum atomic E-state index is -4.33. The van der Waals surface area contributed by atoms with Crippen molar-refractivity contribution in [3.05, 3.63) is 35.5 Å². The minimum absolute atomic E-state index is 0.388. The zero-order chi connectivity index (χ0) is 14.4. The maximum Gasteiger partial charge on any atom is 0.416 e. The van der Waals surface area contributed by atoms with Crippen molar-refractivity contribution in [1.82, 2.24) is 4.57 Å². The van der Waals surface area contributed by atoms with E-state index in [-0.39, 0.29) is 0 Å². The van der Waals surface area contributed by atoms with E-state index in [0.29, 0.717) is 11.8 Å². The van der Waals surface area contributed by atoms with Gasteiger partial charge >= 0.3 is 6.18 Å². The summed E-state index contributed by atoms with van der Waals surface area (Å²) in [6.07, 6.45) is -3.94. The van der Waals surface area contributed by atoms with Crippen molar-refractivity contribution in [2.75, 3.05) is 0 Å². The SMILES string of the molecule is Cn1c(CC(C)(C)O)cc2cc(C(F)(F)F)ccc21. The van der Waals surface area contributed by atoms with Gasteiger partial charge in [0.1, 0.15) is 0 Å². The Labute approximate surface area is 109 Å². The van der Waals surface area contributed by atoms with Gasteiger partial charge in [-0.05, 0) is 38.1 Å². The molecule has 0 atom stereocenters. The largest absolute Gasteiger partial charge is 0.416 e. The van der Waals surface area contributed by atoms with E-state index < -0.39 is 17.3 Å². The van der Waals surface area contributed by atoms with E-state index in [9.17, 15) is 18.3 Å². The molecule has 0 saturated carbocycles. The molecule has 0 amide bonds. The summed E-state index contributed by atoms with van der Waals surface area (Å²) >= 11 is 0. The third-order valence-corrected chi connectivity index (χ3v) is 3.08. The fraction of sp³-hybridized carbons (Fsp3) is 0.429. The Balaban J connectivity index is 2.51. The van der Waals surface area contributed by atoms with Gasteiger partial charge in [0.15, 0.2) is 0 Å². The summed E-state index contributed by atoms with van der Waals surface area (Å²) in [5.41, 5.74) is -0.0101. The van der Waals surface area contributed by atoms with Crippen LogP contribution in [0.4, 0.5) is 13.2 Å². The van der Waals surface area contributed by atoms with E-state index in [1.165, 1.54) is 6.07 Å². The molecule has 0 saturated heterocycles. The molecular weight excluding hydrogens is 255 g/mol. The third-order valence-electron chi connectivity index (χ3n) is 3.08. The molecular formula is C14H16F3NO. The first kappa shape index (κ1) is 13.9. The van der Waals surface area contributed by atoms with Gasteiger partial charge in [-0.25, -0.2) is 0 Å². The quantitative estimate of drug-likeness (QED) is 0.888. The molecule has 1 aromatic heterocycles. The summed E-state index contributed by atoms with van der Waals surface area (Å²) in [5, 5.41) is 10.3. The molecule has 0 radical (unpaired) electrons. The molecule has 19 heavy (non-hydrogen) atoms. The fourth-order valence-corrected chi connectivity index (χ4v) is 2.20. The number of aromatic nitrogens is 1. The molecule has 2 rings (SSSR count). The highest BCUT2D eigenvalue weighted by Crippen LogP contribution is 2.32. The average Bonchev–Trinajstić information content (AvgIpc) is 2.52. The Morgan fingerprint density at radius 1 is 1.16 bits per heavy atom. The summed E-state index contributed by atoms with van der Waals surface area (Å²) in [6.45, 7) is 3.34. The van der Waals surface area contributed by atoms with Crippen LogP contribution in [0.5, 0.6) is 0 Å². The van der Waals surface area contributed by atoms with Crippen LogP contribution in [0.3, 0.4) is 0 Å². The number of alkyl halides is 3. The number of benzene rings is 1. The molecule has 2 nitrogen and oxygen atoms in total. The lowest BCUT2D eigenvalue weighted by atomic mass is 10.0. The number of halogens is 3. The predicted molar refractivity (Wildman–Crippen MR) is 67.9 cm³/mol. The van der Waals surface area contributed by atoms with Crippen LogP contribution in [0.1, 0.15) is 25.1 Å². The zero-order valence-corrected chi connectivity index (χ0v) is 11.0. The number of aryl methyl sites for hydroxylation is 1. The maximum atomic E-state index is 12.6. The van der Waals surface area contributed by atoms with Gasteiger partial charge < -0.3 is 9.67 Å². The number of nitrogens with zero attached hydrogens (tertiary/aromatic N) is 1. The van der Waals surface area contributed by atoms with Crippen molar-refractivity contribution < 1.29 is 18.3 Å². The fourth-order valence-electron chi connectivity index (χ4n) is 2.20. The number of aliphatic hydroxyl groups is 1. The lowest BCUT2D eigenvalue weighted by molar-refractivity contribution is -0.137. The second-order valence-corrected chi connectivity index (χ2v) is 5.46. The number of rotatable bonds is 2. The zero-order valence-electron chi connectivity index (χ0n) is 11.0. The Morgan fingerprint density at radius 2 is 1.79 bits per heavy atom. The molecule has 0 bridgehead atoms. The van der Waals surface area contributed by atoms with E-state index in [2.05, 4.69) is 0 Å². The lowest BCUT2D eigenvalue weighted by Crippen LogP contribution is -2.23. The predicted octanol–water partition coefficient (Wildman–Crippen LogP) is 3.51. The van der Waals surface area contributed by atoms with Crippen LogP contribution in [0.25, 0.3) is 10.9 Å². The highest BCUT2D eigenvalue weighted by molar-refractivity contribution is 5.82. The first-order valence-corrected chi connectivity index (χ1v) is 5.96. The molecule has 5 heteroatoms. The van der Waals surface area contributed by atoms with Crippen LogP contribution < -0.4 is 0 Å². The Bertz CT molecular complexity index is 605.